The highest BCUT2D eigenvalue weighted by atomic mass is 35.5. The Balaban J connectivity index is 1.97. The van der Waals surface area contributed by atoms with Gasteiger partial charge in [-0.3, -0.25) is 4.79 Å². The summed E-state index contributed by atoms with van der Waals surface area (Å²) in [7, 11) is 3.48. The lowest BCUT2D eigenvalue weighted by molar-refractivity contribution is 0.102. The van der Waals surface area contributed by atoms with Gasteiger partial charge in [0.05, 0.1) is 12.6 Å². The van der Waals surface area contributed by atoms with E-state index in [1.807, 2.05) is 35.9 Å². The van der Waals surface area contributed by atoms with Crippen molar-refractivity contribution in [3.63, 3.8) is 0 Å². The first kappa shape index (κ1) is 14.5. The third-order valence-corrected chi connectivity index (χ3v) is 3.85. The molecule has 0 spiro atoms. The number of amides is 1. The number of fused-ring (bicyclic) bond motifs is 1. The number of methoxy groups -OCH3 is 1. The number of anilines is 1. The molecule has 0 fully saturated rings. The Morgan fingerprint density at radius 3 is 2.59 bits per heavy atom. The fourth-order valence-corrected chi connectivity index (χ4v) is 2.58. The normalized spacial score (nSPS) is 10.7. The number of ether oxygens (including phenoxy) is 1. The van der Waals surface area contributed by atoms with E-state index < -0.39 is 0 Å². The molecule has 2 aromatic carbocycles. The topological polar surface area (TPSA) is 43.3 Å². The second kappa shape index (κ2) is 5.73. The Morgan fingerprint density at radius 2 is 1.91 bits per heavy atom. The predicted molar refractivity (Wildman–Crippen MR) is 88.9 cm³/mol. The van der Waals surface area contributed by atoms with Gasteiger partial charge in [0.2, 0.25) is 0 Å². The molecule has 1 aromatic heterocycles. The predicted octanol–water partition coefficient (Wildman–Crippen LogP) is 4.09. The summed E-state index contributed by atoms with van der Waals surface area (Å²) in [5, 5.41) is 4.41. The van der Waals surface area contributed by atoms with E-state index in [1.165, 1.54) is 0 Å². The number of aryl methyl sites for hydroxylation is 1. The van der Waals surface area contributed by atoms with E-state index in [0.29, 0.717) is 16.4 Å². The van der Waals surface area contributed by atoms with Gasteiger partial charge in [-0.1, -0.05) is 17.7 Å². The van der Waals surface area contributed by atoms with Crippen LogP contribution >= 0.6 is 11.6 Å². The lowest BCUT2D eigenvalue weighted by atomic mass is 10.2. The SMILES string of the molecule is COc1cccc2c1cc(C(=O)Nc1ccc(Cl)cc1)n2C. The summed E-state index contributed by atoms with van der Waals surface area (Å²) < 4.78 is 7.20. The Morgan fingerprint density at radius 1 is 1.18 bits per heavy atom. The van der Waals surface area contributed by atoms with Crippen LogP contribution in [0.5, 0.6) is 5.75 Å². The number of carbonyl (C=O) groups excluding carboxylic acids is 1. The molecule has 112 valence electrons. The van der Waals surface area contributed by atoms with Crippen LogP contribution in [0.3, 0.4) is 0 Å². The molecule has 1 heterocycles. The summed E-state index contributed by atoms with van der Waals surface area (Å²) in [5.74, 6) is 0.571. The molecule has 1 amide bonds. The third kappa shape index (κ3) is 2.53. The van der Waals surface area contributed by atoms with E-state index in [9.17, 15) is 4.79 Å². The van der Waals surface area contributed by atoms with Gasteiger partial charge in [-0.05, 0) is 42.5 Å². The number of nitrogens with one attached hydrogen (secondary N) is 1. The number of carbonyl (C=O) groups is 1. The maximum atomic E-state index is 12.5. The molecule has 0 aliphatic rings. The van der Waals surface area contributed by atoms with Gasteiger partial charge in [-0.25, -0.2) is 0 Å². The van der Waals surface area contributed by atoms with Crippen molar-refractivity contribution >= 4 is 34.1 Å². The van der Waals surface area contributed by atoms with Gasteiger partial charge in [0.25, 0.3) is 5.91 Å². The van der Waals surface area contributed by atoms with Gasteiger partial charge in [-0.15, -0.1) is 0 Å². The lowest BCUT2D eigenvalue weighted by Gasteiger charge is -2.06. The number of nitrogens with zero attached hydrogens (tertiary/aromatic N) is 1. The standard InChI is InChI=1S/C17H15ClN2O2/c1-20-14-4-3-5-16(22-2)13(14)10-15(20)17(21)19-12-8-6-11(18)7-9-12/h3-10H,1-2H3,(H,19,21). The van der Waals surface area contributed by atoms with Crippen LogP contribution in [0.4, 0.5) is 5.69 Å². The summed E-state index contributed by atoms with van der Waals surface area (Å²) >= 11 is 5.85. The molecule has 22 heavy (non-hydrogen) atoms. The molecule has 5 heteroatoms. The number of aromatic nitrogens is 1. The number of rotatable bonds is 3. The maximum Gasteiger partial charge on any atom is 0.272 e. The minimum absolute atomic E-state index is 0.178. The van der Waals surface area contributed by atoms with Crippen LogP contribution in [-0.2, 0) is 7.05 Å². The minimum atomic E-state index is -0.178. The Hall–Kier alpha value is -2.46. The highest BCUT2D eigenvalue weighted by molar-refractivity contribution is 6.30. The van der Waals surface area contributed by atoms with E-state index in [0.717, 1.165) is 16.7 Å². The van der Waals surface area contributed by atoms with Gasteiger partial charge in [-0.2, -0.15) is 0 Å². The molecule has 0 radical (unpaired) electrons. The molecule has 3 aromatic rings. The van der Waals surface area contributed by atoms with Crippen LogP contribution in [0, 0.1) is 0 Å². The second-order valence-electron chi connectivity index (χ2n) is 4.94. The van der Waals surface area contributed by atoms with E-state index in [1.54, 1.807) is 31.4 Å². The molecule has 1 N–H and O–H groups in total. The van der Waals surface area contributed by atoms with Gasteiger partial charge >= 0.3 is 0 Å². The summed E-state index contributed by atoms with van der Waals surface area (Å²) in [4.78, 5) is 12.5. The Kier molecular flexibility index (Phi) is 3.77. The zero-order valence-electron chi connectivity index (χ0n) is 12.3. The quantitative estimate of drug-likeness (QED) is 0.791. The third-order valence-electron chi connectivity index (χ3n) is 3.60. The number of hydrogen-bond donors (Lipinski definition) is 1. The monoisotopic (exact) mass is 314 g/mol. The Bertz CT molecular complexity index is 838. The first-order chi connectivity index (χ1) is 10.6. The van der Waals surface area contributed by atoms with Crippen molar-refractivity contribution in [3.8, 4) is 5.75 Å². The molecule has 0 bridgehead atoms. The molecule has 3 rings (SSSR count). The Labute approximate surface area is 133 Å². The van der Waals surface area contributed by atoms with E-state index in [4.69, 9.17) is 16.3 Å². The zero-order chi connectivity index (χ0) is 15.7. The molecular weight excluding hydrogens is 300 g/mol. The van der Waals surface area contributed by atoms with E-state index in [-0.39, 0.29) is 5.91 Å². The van der Waals surface area contributed by atoms with E-state index >= 15 is 0 Å². The average Bonchev–Trinajstić information content (AvgIpc) is 2.87. The summed E-state index contributed by atoms with van der Waals surface area (Å²) in [5.41, 5.74) is 2.21. The number of benzene rings is 2. The first-order valence-electron chi connectivity index (χ1n) is 6.79. The molecule has 0 aliphatic heterocycles. The van der Waals surface area contributed by atoms with Crippen molar-refractivity contribution < 1.29 is 9.53 Å². The maximum absolute atomic E-state index is 12.5. The first-order valence-corrected chi connectivity index (χ1v) is 7.17. The number of hydrogen-bond acceptors (Lipinski definition) is 2. The largest absolute Gasteiger partial charge is 0.496 e. The lowest BCUT2D eigenvalue weighted by Crippen LogP contribution is -2.15. The van der Waals surface area contributed by atoms with E-state index in [2.05, 4.69) is 5.32 Å². The molecule has 0 unspecified atom stereocenters. The minimum Gasteiger partial charge on any atom is -0.496 e. The van der Waals surface area contributed by atoms with Crippen LogP contribution in [0.25, 0.3) is 10.9 Å². The second-order valence-corrected chi connectivity index (χ2v) is 5.38. The van der Waals surface area contributed by atoms with Crippen molar-refractivity contribution in [2.75, 3.05) is 12.4 Å². The van der Waals surface area contributed by atoms with Crippen LogP contribution in [0.2, 0.25) is 5.02 Å². The van der Waals surface area contributed by atoms with Crippen molar-refractivity contribution in [2.24, 2.45) is 7.05 Å². The average molecular weight is 315 g/mol. The smallest absolute Gasteiger partial charge is 0.272 e. The molecule has 0 saturated heterocycles. The van der Waals surface area contributed by atoms with Gasteiger partial charge in [0, 0.05) is 23.1 Å². The van der Waals surface area contributed by atoms with Crippen molar-refractivity contribution in [1.29, 1.82) is 0 Å². The van der Waals surface area contributed by atoms with Crippen molar-refractivity contribution in [1.82, 2.24) is 4.57 Å². The highest BCUT2D eigenvalue weighted by Gasteiger charge is 2.15. The molecule has 0 atom stereocenters. The van der Waals surface area contributed by atoms with Crippen LogP contribution in [0.1, 0.15) is 10.5 Å². The summed E-state index contributed by atoms with van der Waals surface area (Å²) in [6.07, 6.45) is 0. The van der Waals surface area contributed by atoms with Crippen LogP contribution < -0.4 is 10.1 Å². The number of halogens is 1. The van der Waals surface area contributed by atoms with Gasteiger partial charge in [0.15, 0.2) is 0 Å². The van der Waals surface area contributed by atoms with Crippen molar-refractivity contribution in [2.45, 2.75) is 0 Å². The highest BCUT2D eigenvalue weighted by Crippen LogP contribution is 2.28. The molecule has 0 aliphatic carbocycles. The fourth-order valence-electron chi connectivity index (χ4n) is 2.46. The zero-order valence-corrected chi connectivity index (χ0v) is 13.0. The molecule has 4 nitrogen and oxygen atoms in total. The molecular formula is C17H15ClN2O2. The molecule has 0 saturated carbocycles. The summed E-state index contributed by atoms with van der Waals surface area (Å²) in [6.45, 7) is 0. The fraction of sp³-hybridized carbons (Fsp3) is 0.118. The van der Waals surface area contributed by atoms with Gasteiger partial charge in [0.1, 0.15) is 11.4 Å². The summed E-state index contributed by atoms with van der Waals surface area (Å²) in [6, 6.07) is 14.6. The van der Waals surface area contributed by atoms with Crippen LogP contribution in [-0.4, -0.2) is 17.6 Å². The van der Waals surface area contributed by atoms with Crippen LogP contribution in [0.15, 0.2) is 48.5 Å². The van der Waals surface area contributed by atoms with Crippen molar-refractivity contribution in [3.05, 3.63) is 59.2 Å². The van der Waals surface area contributed by atoms with Gasteiger partial charge < -0.3 is 14.6 Å².